The summed E-state index contributed by atoms with van der Waals surface area (Å²) >= 11 is 11.7. The Hall–Kier alpha value is -0.250. The van der Waals surface area contributed by atoms with E-state index in [2.05, 4.69) is 0 Å². The standard InChI is InChI=1S/C13H18Cl2O2S/c1-12(2,3)13(4,5)18(16,17)9-6-7-10(14)11(15)8-9/h6-8H,1-5H3. The van der Waals surface area contributed by atoms with E-state index in [0.29, 0.717) is 5.02 Å². The van der Waals surface area contributed by atoms with Gasteiger partial charge in [0.05, 0.1) is 19.7 Å². The maximum absolute atomic E-state index is 12.7. The summed E-state index contributed by atoms with van der Waals surface area (Å²) in [5.41, 5.74) is -0.391. The molecule has 18 heavy (non-hydrogen) atoms. The van der Waals surface area contributed by atoms with Crippen molar-refractivity contribution < 1.29 is 8.42 Å². The molecule has 5 heteroatoms. The van der Waals surface area contributed by atoms with Crippen molar-refractivity contribution in [1.82, 2.24) is 0 Å². The van der Waals surface area contributed by atoms with Gasteiger partial charge in [0.15, 0.2) is 9.84 Å². The minimum Gasteiger partial charge on any atom is -0.223 e. The van der Waals surface area contributed by atoms with Gasteiger partial charge in [0, 0.05) is 0 Å². The quantitative estimate of drug-likeness (QED) is 0.800. The van der Waals surface area contributed by atoms with E-state index < -0.39 is 20.0 Å². The number of benzene rings is 1. The summed E-state index contributed by atoms with van der Waals surface area (Å²) in [6, 6.07) is 4.42. The Balaban J connectivity index is 3.43. The van der Waals surface area contributed by atoms with E-state index in [0.717, 1.165) is 0 Å². The van der Waals surface area contributed by atoms with Gasteiger partial charge in [-0.15, -0.1) is 0 Å². The SMILES string of the molecule is CC(C)(C)C(C)(C)S(=O)(=O)c1ccc(Cl)c(Cl)c1. The molecule has 0 amide bonds. The number of sulfone groups is 1. The monoisotopic (exact) mass is 308 g/mol. The van der Waals surface area contributed by atoms with Crippen LogP contribution in [0.25, 0.3) is 0 Å². The third kappa shape index (κ3) is 2.54. The second-order valence-electron chi connectivity index (χ2n) is 5.84. The number of hydrogen-bond acceptors (Lipinski definition) is 2. The highest BCUT2D eigenvalue weighted by atomic mass is 35.5. The fourth-order valence-corrected chi connectivity index (χ4v) is 3.62. The highest BCUT2D eigenvalue weighted by Gasteiger charge is 2.45. The van der Waals surface area contributed by atoms with Crippen LogP contribution in [-0.4, -0.2) is 13.2 Å². The van der Waals surface area contributed by atoms with Crippen LogP contribution in [0.4, 0.5) is 0 Å². The molecule has 0 unspecified atom stereocenters. The van der Waals surface area contributed by atoms with Crippen LogP contribution in [0.2, 0.25) is 10.0 Å². The molecule has 0 saturated heterocycles. The largest absolute Gasteiger partial charge is 0.223 e. The van der Waals surface area contributed by atoms with Gasteiger partial charge in [0.1, 0.15) is 0 Å². The van der Waals surface area contributed by atoms with Crippen LogP contribution in [0.5, 0.6) is 0 Å². The van der Waals surface area contributed by atoms with Crippen LogP contribution in [0.1, 0.15) is 34.6 Å². The van der Waals surface area contributed by atoms with Crippen LogP contribution >= 0.6 is 23.2 Å². The molecule has 0 saturated carbocycles. The lowest BCUT2D eigenvalue weighted by Crippen LogP contribution is -2.44. The van der Waals surface area contributed by atoms with Crippen LogP contribution in [-0.2, 0) is 9.84 Å². The minimum absolute atomic E-state index is 0.205. The van der Waals surface area contributed by atoms with Gasteiger partial charge in [-0.1, -0.05) is 44.0 Å². The van der Waals surface area contributed by atoms with Gasteiger partial charge in [-0.05, 0) is 37.5 Å². The molecule has 0 heterocycles. The van der Waals surface area contributed by atoms with Gasteiger partial charge in [-0.3, -0.25) is 0 Å². The molecule has 0 spiro atoms. The molecule has 1 rings (SSSR count). The molecule has 0 radical (unpaired) electrons. The zero-order chi connectivity index (χ0) is 14.4. The van der Waals surface area contributed by atoms with Crippen molar-refractivity contribution in [2.75, 3.05) is 0 Å². The van der Waals surface area contributed by atoms with E-state index in [1.54, 1.807) is 13.8 Å². The number of hydrogen-bond donors (Lipinski definition) is 0. The fourth-order valence-electron chi connectivity index (χ4n) is 1.34. The molecular formula is C13H18Cl2O2S. The second kappa shape index (κ2) is 4.69. The highest BCUT2D eigenvalue weighted by molar-refractivity contribution is 7.92. The highest BCUT2D eigenvalue weighted by Crippen LogP contribution is 2.41. The molecule has 0 atom stereocenters. The van der Waals surface area contributed by atoms with Gasteiger partial charge in [0.25, 0.3) is 0 Å². The topological polar surface area (TPSA) is 34.1 Å². The van der Waals surface area contributed by atoms with Gasteiger partial charge in [-0.2, -0.15) is 0 Å². The van der Waals surface area contributed by atoms with E-state index in [4.69, 9.17) is 23.2 Å². The van der Waals surface area contributed by atoms with Crippen molar-refractivity contribution in [1.29, 1.82) is 0 Å². The molecule has 1 aromatic rings. The van der Waals surface area contributed by atoms with Crippen LogP contribution < -0.4 is 0 Å². The first-order chi connectivity index (χ1) is 7.91. The Morgan fingerprint density at radius 3 is 1.83 bits per heavy atom. The van der Waals surface area contributed by atoms with Crippen molar-refractivity contribution in [2.45, 2.75) is 44.3 Å². The molecule has 0 bridgehead atoms. The second-order valence-corrected chi connectivity index (χ2v) is 9.15. The lowest BCUT2D eigenvalue weighted by atomic mass is 9.83. The molecule has 0 aliphatic rings. The van der Waals surface area contributed by atoms with Crippen molar-refractivity contribution in [3.8, 4) is 0 Å². The van der Waals surface area contributed by atoms with E-state index in [-0.39, 0.29) is 9.92 Å². The summed E-state index contributed by atoms with van der Waals surface area (Å²) in [5.74, 6) is 0. The normalized spacial score (nSPS) is 13.7. The van der Waals surface area contributed by atoms with Crippen molar-refractivity contribution >= 4 is 33.0 Å². The van der Waals surface area contributed by atoms with Gasteiger partial charge in [-0.25, -0.2) is 8.42 Å². The molecule has 1 aromatic carbocycles. The van der Waals surface area contributed by atoms with E-state index in [1.165, 1.54) is 18.2 Å². The number of rotatable bonds is 2. The maximum atomic E-state index is 12.7. The summed E-state index contributed by atoms with van der Waals surface area (Å²) in [7, 11) is -3.48. The third-order valence-corrected chi connectivity index (χ3v) is 7.25. The zero-order valence-electron chi connectivity index (χ0n) is 11.2. The maximum Gasteiger partial charge on any atom is 0.184 e. The van der Waals surface area contributed by atoms with Crippen LogP contribution in [0, 0.1) is 5.41 Å². The summed E-state index contributed by atoms with van der Waals surface area (Å²) in [6.45, 7) is 9.17. The molecule has 0 aliphatic heterocycles. The van der Waals surface area contributed by atoms with E-state index >= 15 is 0 Å². The average molecular weight is 309 g/mol. The summed E-state index contributed by atoms with van der Waals surface area (Å²) in [5, 5.41) is 0.603. The van der Waals surface area contributed by atoms with Crippen molar-refractivity contribution in [3.05, 3.63) is 28.2 Å². The molecule has 0 N–H and O–H groups in total. The Labute approximate surface area is 119 Å². The smallest absolute Gasteiger partial charge is 0.184 e. The third-order valence-electron chi connectivity index (χ3n) is 3.68. The molecular weight excluding hydrogens is 291 g/mol. The molecule has 102 valence electrons. The number of halogens is 2. The Morgan fingerprint density at radius 1 is 0.944 bits per heavy atom. The van der Waals surface area contributed by atoms with Gasteiger partial charge >= 0.3 is 0 Å². The molecule has 2 nitrogen and oxygen atoms in total. The zero-order valence-corrected chi connectivity index (χ0v) is 13.5. The van der Waals surface area contributed by atoms with Gasteiger partial charge < -0.3 is 0 Å². The first-order valence-corrected chi connectivity index (χ1v) is 7.85. The van der Waals surface area contributed by atoms with Crippen molar-refractivity contribution in [3.63, 3.8) is 0 Å². The van der Waals surface area contributed by atoms with E-state index in [1.807, 2.05) is 20.8 Å². The van der Waals surface area contributed by atoms with Crippen molar-refractivity contribution in [2.24, 2.45) is 5.41 Å². The predicted molar refractivity (Wildman–Crippen MR) is 77.2 cm³/mol. The first-order valence-electron chi connectivity index (χ1n) is 5.61. The average Bonchev–Trinajstić information content (AvgIpc) is 2.20. The first kappa shape index (κ1) is 15.8. The van der Waals surface area contributed by atoms with Crippen LogP contribution in [0.3, 0.4) is 0 Å². The predicted octanol–water partition coefficient (Wildman–Crippen LogP) is 4.59. The Bertz CT molecular complexity index is 555. The Morgan fingerprint density at radius 2 is 1.44 bits per heavy atom. The molecule has 0 fully saturated rings. The van der Waals surface area contributed by atoms with E-state index in [9.17, 15) is 8.42 Å². The molecule has 0 aliphatic carbocycles. The fraction of sp³-hybridized carbons (Fsp3) is 0.538. The van der Waals surface area contributed by atoms with Gasteiger partial charge in [0.2, 0.25) is 0 Å². The Kier molecular flexibility index (Phi) is 4.12. The lowest BCUT2D eigenvalue weighted by Gasteiger charge is -2.38. The summed E-state index contributed by atoms with van der Waals surface area (Å²) in [4.78, 5) is 0.205. The molecule has 0 aromatic heterocycles. The lowest BCUT2D eigenvalue weighted by molar-refractivity contribution is 0.302. The summed E-state index contributed by atoms with van der Waals surface area (Å²) < 4.78 is 24.4. The minimum atomic E-state index is -3.48. The summed E-state index contributed by atoms with van der Waals surface area (Å²) in [6.07, 6.45) is 0. The van der Waals surface area contributed by atoms with Crippen LogP contribution in [0.15, 0.2) is 23.1 Å².